The third-order valence-electron chi connectivity index (χ3n) is 7.46. The summed E-state index contributed by atoms with van der Waals surface area (Å²) in [7, 11) is 3.11. The molecule has 3 aliphatic heterocycles. The smallest absolute Gasteiger partial charge is 0.231 e. The molecule has 3 aromatic rings. The number of nitrogens with zero attached hydrogens (tertiary/aromatic N) is 1. The van der Waals surface area contributed by atoms with Gasteiger partial charge in [0.25, 0.3) is 0 Å². The Bertz CT molecular complexity index is 1350. The van der Waals surface area contributed by atoms with E-state index in [2.05, 4.69) is 16.4 Å². The van der Waals surface area contributed by atoms with Crippen LogP contribution < -0.4 is 14.8 Å². The number of H-pyrrole nitrogens is 1. The third-order valence-corrected chi connectivity index (χ3v) is 7.46. The second kappa shape index (κ2) is 8.16. The Labute approximate surface area is 202 Å². The van der Waals surface area contributed by atoms with E-state index in [9.17, 15) is 9.59 Å². The van der Waals surface area contributed by atoms with Crippen molar-refractivity contribution in [1.29, 1.82) is 0 Å². The lowest BCUT2D eigenvalue weighted by Crippen LogP contribution is -2.41. The molecule has 3 aliphatic rings. The number of hydrogen-bond acceptors (Lipinski definition) is 5. The van der Waals surface area contributed by atoms with E-state index in [1.54, 1.807) is 32.4 Å². The van der Waals surface area contributed by atoms with Crippen LogP contribution in [0.1, 0.15) is 5.56 Å². The number of para-hydroxylation sites is 1. The van der Waals surface area contributed by atoms with Crippen molar-refractivity contribution >= 4 is 28.4 Å². The van der Waals surface area contributed by atoms with Crippen molar-refractivity contribution in [3.8, 4) is 11.5 Å². The molecule has 2 amide bonds. The Balaban J connectivity index is 1.19. The first-order chi connectivity index (χ1) is 17.0. The Hall–Kier alpha value is -3.78. The second-order valence-corrected chi connectivity index (χ2v) is 9.33. The number of aromatic amines is 1. The normalized spacial score (nSPS) is 26.4. The molecule has 0 radical (unpaired) electrons. The fourth-order valence-electron chi connectivity index (χ4n) is 5.80. The number of aromatic nitrogens is 1. The van der Waals surface area contributed by atoms with E-state index in [4.69, 9.17) is 14.2 Å². The molecule has 1 aromatic heterocycles. The Morgan fingerprint density at radius 2 is 2.03 bits per heavy atom. The first kappa shape index (κ1) is 21.7. The average Bonchev–Trinajstić information content (AvgIpc) is 3.62. The molecule has 4 heterocycles. The van der Waals surface area contributed by atoms with E-state index in [0.29, 0.717) is 30.3 Å². The van der Waals surface area contributed by atoms with Gasteiger partial charge in [-0.05, 0) is 30.2 Å². The number of hydrogen-bond donors (Lipinski definition) is 2. The molecule has 2 saturated heterocycles. The third kappa shape index (κ3) is 3.39. The van der Waals surface area contributed by atoms with E-state index in [0.717, 1.165) is 11.9 Å². The SMILES string of the molecule is COc1ccc(NC(=O)C2C3C=C[C@]4(CN(CCc5c[nH]c6ccccc56)C(=O)C24)O3)cc1OC. The van der Waals surface area contributed by atoms with Crippen molar-refractivity contribution in [1.82, 2.24) is 9.88 Å². The van der Waals surface area contributed by atoms with Gasteiger partial charge in [0.1, 0.15) is 5.60 Å². The fourth-order valence-corrected chi connectivity index (χ4v) is 5.80. The van der Waals surface area contributed by atoms with E-state index in [-0.39, 0.29) is 11.8 Å². The van der Waals surface area contributed by atoms with Crippen LogP contribution in [0, 0.1) is 11.8 Å². The second-order valence-electron chi connectivity index (χ2n) is 9.33. The lowest BCUT2D eigenvalue weighted by Gasteiger charge is -2.23. The fraction of sp³-hybridized carbons (Fsp3) is 0.333. The predicted molar refractivity (Wildman–Crippen MR) is 130 cm³/mol. The van der Waals surface area contributed by atoms with E-state index >= 15 is 0 Å². The number of fused-ring (bicyclic) bond motifs is 2. The summed E-state index contributed by atoms with van der Waals surface area (Å²) in [5.41, 5.74) is 2.10. The maximum atomic E-state index is 13.5. The van der Waals surface area contributed by atoms with E-state index in [1.807, 2.05) is 41.4 Å². The highest BCUT2D eigenvalue weighted by atomic mass is 16.5. The number of carbonyl (C=O) groups excluding carboxylic acids is 2. The number of carbonyl (C=O) groups is 2. The van der Waals surface area contributed by atoms with Crippen LogP contribution in [0.4, 0.5) is 5.69 Å². The number of nitrogens with one attached hydrogen (secondary N) is 2. The first-order valence-corrected chi connectivity index (χ1v) is 11.8. The summed E-state index contributed by atoms with van der Waals surface area (Å²) < 4.78 is 16.9. The number of ether oxygens (including phenoxy) is 3. The minimum absolute atomic E-state index is 0.0239. The summed E-state index contributed by atoms with van der Waals surface area (Å²) in [6.07, 6.45) is 6.23. The molecule has 3 unspecified atom stereocenters. The standard InChI is InChI=1S/C27H27N3O5/c1-33-20-8-7-17(13-22(20)34-2)29-25(31)23-21-9-11-27(35-21)15-30(26(32)24(23)27)12-10-16-14-28-19-6-4-3-5-18(16)19/h3-9,11,13-14,21,23-24,28H,10,12,15H2,1-2H3,(H,29,31)/t21?,23?,24?,27-/m1/s1. The van der Waals surface area contributed by atoms with Gasteiger partial charge in [0.2, 0.25) is 11.8 Å². The van der Waals surface area contributed by atoms with Gasteiger partial charge in [0.05, 0.1) is 38.7 Å². The van der Waals surface area contributed by atoms with Crippen LogP contribution in [0.2, 0.25) is 0 Å². The van der Waals surface area contributed by atoms with Gasteiger partial charge in [-0.15, -0.1) is 0 Å². The zero-order chi connectivity index (χ0) is 24.2. The molecular weight excluding hydrogens is 446 g/mol. The van der Waals surface area contributed by atoms with Crippen molar-refractivity contribution in [3.63, 3.8) is 0 Å². The Kier molecular flexibility index (Phi) is 5.07. The lowest BCUT2D eigenvalue weighted by molar-refractivity contribution is -0.135. The zero-order valence-electron chi connectivity index (χ0n) is 19.6. The molecule has 8 heteroatoms. The van der Waals surface area contributed by atoms with Crippen molar-refractivity contribution in [2.75, 3.05) is 32.6 Å². The molecule has 180 valence electrons. The van der Waals surface area contributed by atoms with Crippen molar-refractivity contribution in [2.24, 2.45) is 11.8 Å². The molecule has 6 rings (SSSR count). The highest BCUT2D eigenvalue weighted by Crippen LogP contribution is 2.52. The summed E-state index contributed by atoms with van der Waals surface area (Å²) in [6, 6.07) is 13.3. The summed E-state index contributed by atoms with van der Waals surface area (Å²) in [5.74, 6) is -0.271. The first-order valence-electron chi connectivity index (χ1n) is 11.8. The lowest BCUT2D eigenvalue weighted by atomic mass is 9.77. The number of amides is 2. The van der Waals surface area contributed by atoms with Crippen molar-refractivity contribution in [3.05, 3.63) is 66.4 Å². The minimum Gasteiger partial charge on any atom is -0.493 e. The van der Waals surface area contributed by atoms with Crippen LogP contribution in [0.25, 0.3) is 10.9 Å². The number of likely N-dealkylation sites (tertiary alicyclic amines) is 1. The molecule has 2 bridgehead atoms. The largest absolute Gasteiger partial charge is 0.493 e. The van der Waals surface area contributed by atoms with Gasteiger partial charge in [-0.2, -0.15) is 0 Å². The Morgan fingerprint density at radius 1 is 1.20 bits per heavy atom. The predicted octanol–water partition coefficient (Wildman–Crippen LogP) is 3.15. The molecule has 8 nitrogen and oxygen atoms in total. The van der Waals surface area contributed by atoms with Gasteiger partial charge in [-0.25, -0.2) is 0 Å². The summed E-state index contributed by atoms with van der Waals surface area (Å²) in [5, 5.41) is 4.12. The van der Waals surface area contributed by atoms with Gasteiger partial charge in [-0.3, -0.25) is 9.59 Å². The molecular formula is C27H27N3O5. The quantitative estimate of drug-likeness (QED) is 0.515. The van der Waals surface area contributed by atoms with E-state index < -0.39 is 23.5 Å². The van der Waals surface area contributed by atoms with Crippen LogP contribution in [0.15, 0.2) is 60.8 Å². The van der Waals surface area contributed by atoms with Gasteiger partial charge >= 0.3 is 0 Å². The average molecular weight is 474 g/mol. The molecule has 4 atom stereocenters. The Morgan fingerprint density at radius 3 is 2.86 bits per heavy atom. The van der Waals surface area contributed by atoms with Crippen molar-refractivity contribution in [2.45, 2.75) is 18.1 Å². The van der Waals surface area contributed by atoms with Crippen LogP contribution in [-0.4, -0.2) is 60.7 Å². The number of methoxy groups -OCH3 is 2. The number of anilines is 1. The monoisotopic (exact) mass is 473 g/mol. The summed E-state index contributed by atoms with van der Waals surface area (Å²) in [4.78, 5) is 32.0. The van der Waals surface area contributed by atoms with Crippen LogP contribution in [0.5, 0.6) is 11.5 Å². The van der Waals surface area contributed by atoms with Gasteiger partial charge in [-0.1, -0.05) is 30.4 Å². The van der Waals surface area contributed by atoms with Gasteiger partial charge < -0.3 is 29.4 Å². The molecule has 0 saturated carbocycles. The topological polar surface area (TPSA) is 92.9 Å². The molecule has 2 fully saturated rings. The number of benzene rings is 2. The van der Waals surface area contributed by atoms with Crippen LogP contribution in [-0.2, 0) is 20.7 Å². The zero-order valence-corrected chi connectivity index (χ0v) is 19.6. The molecule has 1 spiro atoms. The maximum Gasteiger partial charge on any atom is 0.231 e. The summed E-state index contributed by atoms with van der Waals surface area (Å²) >= 11 is 0. The minimum atomic E-state index is -0.735. The van der Waals surface area contributed by atoms with Crippen molar-refractivity contribution < 1.29 is 23.8 Å². The molecule has 0 aliphatic carbocycles. The molecule has 35 heavy (non-hydrogen) atoms. The molecule has 2 N–H and O–H groups in total. The van der Waals surface area contributed by atoms with E-state index in [1.165, 1.54) is 10.9 Å². The van der Waals surface area contributed by atoms with Crippen LogP contribution >= 0.6 is 0 Å². The molecule has 2 aromatic carbocycles. The van der Waals surface area contributed by atoms with Gasteiger partial charge in [0.15, 0.2) is 11.5 Å². The number of rotatable bonds is 7. The summed E-state index contributed by atoms with van der Waals surface area (Å²) in [6.45, 7) is 1.04. The maximum absolute atomic E-state index is 13.5. The van der Waals surface area contributed by atoms with Gasteiger partial charge in [0, 0.05) is 35.4 Å². The van der Waals surface area contributed by atoms with Crippen LogP contribution in [0.3, 0.4) is 0 Å². The highest BCUT2D eigenvalue weighted by molar-refractivity contribution is 5.99. The highest BCUT2D eigenvalue weighted by Gasteiger charge is 2.66.